The maximum absolute atomic E-state index is 10.6. The number of carbonyl (C=O) groups is 1. The first-order chi connectivity index (χ1) is 5.07. The zero-order valence-corrected chi connectivity index (χ0v) is 6.76. The Morgan fingerprint density at radius 3 is 2.36 bits per heavy atom. The molecule has 4 nitrogen and oxygen atoms in total. The summed E-state index contributed by atoms with van der Waals surface area (Å²) < 4.78 is 4.30. The molecule has 0 saturated carbocycles. The molecule has 5 heteroatoms. The highest BCUT2D eigenvalue weighted by molar-refractivity contribution is 6.29. The number of carbonyl (C=O) groups excluding carboxylic acids is 1. The van der Waals surface area contributed by atoms with Crippen molar-refractivity contribution in [2.75, 3.05) is 7.11 Å². The lowest BCUT2D eigenvalue weighted by Crippen LogP contribution is -2.12. The van der Waals surface area contributed by atoms with Crippen LogP contribution in [0, 0.1) is 0 Å². The van der Waals surface area contributed by atoms with Crippen LogP contribution in [0.5, 0.6) is 0 Å². The van der Waals surface area contributed by atoms with Gasteiger partial charge in [0.1, 0.15) is 5.70 Å². The molecule has 0 aliphatic carbocycles. The first kappa shape index (κ1) is 9.84. The van der Waals surface area contributed by atoms with Crippen molar-refractivity contribution in [1.29, 1.82) is 0 Å². The van der Waals surface area contributed by atoms with Gasteiger partial charge in [0.2, 0.25) is 0 Å². The van der Waals surface area contributed by atoms with Gasteiger partial charge in [0.25, 0.3) is 0 Å². The van der Waals surface area contributed by atoms with Gasteiger partial charge in [-0.15, -0.1) is 0 Å². The Balaban J connectivity index is 4.23. The second-order valence-electron chi connectivity index (χ2n) is 1.67. The highest BCUT2D eigenvalue weighted by Gasteiger charge is 2.00. The molecular weight excluding hydrogens is 168 g/mol. The smallest absolute Gasteiger partial charge is 0.353 e. The summed E-state index contributed by atoms with van der Waals surface area (Å²) in [5, 5.41) is 0.0526. The van der Waals surface area contributed by atoms with Gasteiger partial charge in [0, 0.05) is 0 Å². The van der Waals surface area contributed by atoms with E-state index in [9.17, 15) is 4.79 Å². The fraction of sp³-hybridized carbons (Fsp3) is 0.167. The van der Waals surface area contributed by atoms with Crippen molar-refractivity contribution in [3.63, 3.8) is 0 Å². The van der Waals surface area contributed by atoms with Crippen molar-refractivity contribution in [2.24, 2.45) is 11.5 Å². The van der Waals surface area contributed by atoms with E-state index in [0.29, 0.717) is 0 Å². The van der Waals surface area contributed by atoms with Crippen molar-refractivity contribution < 1.29 is 9.53 Å². The Hall–Kier alpha value is -1.16. The summed E-state index contributed by atoms with van der Waals surface area (Å²) in [6.07, 6.45) is 2.57. The normalized spacial score (nSPS) is 12.9. The van der Waals surface area contributed by atoms with E-state index in [-0.39, 0.29) is 10.9 Å². The van der Waals surface area contributed by atoms with Crippen molar-refractivity contribution in [2.45, 2.75) is 0 Å². The van der Waals surface area contributed by atoms with Gasteiger partial charge < -0.3 is 16.2 Å². The molecule has 0 fully saturated rings. The molecule has 0 aliphatic rings. The average Bonchev–Trinajstić information content (AvgIpc) is 1.98. The van der Waals surface area contributed by atoms with Gasteiger partial charge in [-0.2, -0.15) is 0 Å². The van der Waals surface area contributed by atoms with E-state index in [1.807, 2.05) is 0 Å². The maximum Gasteiger partial charge on any atom is 0.353 e. The lowest BCUT2D eigenvalue weighted by molar-refractivity contribution is -0.136. The maximum atomic E-state index is 10.6. The topological polar surface area (TPSA) is 78.3 Å². The number of methoxy groups -OCH3 is 1. The van der Waals surface area contributed by atoms with Gasteiger partial charge in [-0.25, -0.2) is 4.79 Å². The number of rotatable bonds is 2. The standard InChI is InChI=1S/C6H9ClN2O2/c1-11-6(10)4(8)2-3-5(7)9/h2-3H,8-9H2,1H3/b4-2-,5-3-. The summed E-state index contributed by atoms with van der Waals surface area (Å²) in [5.41, 5.74) is 10.2. The Morgan fingerprint density at radius 1 is 1.45 bits per heavy atom. The van der Waals surface area contributed by atoms with Crippen molar-refractivity contribution in [1.82, 2.24) is 0 Å². The lowest BCUT2D eigenvalue weighted by Gasteiger charge is -1.95. The van der Waals surface area contributed by atoms with Gasteiger partial charge >= 0.3 is 5.97 Å². The number of esters is 1. The first-order valence-corrected chi connectivity index (χ1v) is 3.12. The molecule has 4 N–H and O–H groups in total. The third-order valence-corrected chi connectivity index (χ3v) is 0.969. The molecule has 11 heavy (non-hydrogen) atoms. The minimum Gasteiger partial charge on any atom is -0.464 e. The zero-order chi connectivity index (χ0) is 8.85. The number of halogens is 1. The van der Waals surface area contributed by atoms with E-state index in [0.717, 1.165) is 0 Å². The number of ether oxygens (including phenoxy) is 1. The molecule has 0 spiro atoms. The van der Waals surface area contributed by atoms with Gasteiger partial charge in [-0.3, -0.25) is 0 Å². The predicted molar refractivity (Wildman–Crippen MR) is 42.4 cm³/mol. The SMILES string of the molecule is COC(=O)/C(N)=C/C=C(\N)Cl. The number of allylic oxidation sites excluding steroid dienone is 2. The Morgan fingerprint density at radius 2 is 2.00 bits per heavy atom. The first-order valence-electron chi connectivity index (χ1n) is 2.74. The number of nitrogens with two attached hydrogens (primary N) is 2. The molecule has 0 radical (unpaired) electrons. The Kier molecular flexibility index (Phi) is 4.14. The molecule has 62 valence electrons. The van der Waals surface area contributed by atoms with Crippen LogP contribution < -0.4 is 11.5 Å². The van der Waals surface area contributed by atoms with Gasteiger partial charge in [0.15, 0.2) is 0 Å². The van der Waals surface area contributed by atoms with E-state index in [2.05, 4.69) is 4.74 Å². The molecule has 0 rings (SSSR count). The van der Waals surface area contributed by atoms with Crippen molar-refractivity contribution in [3.8, 4) is 0 Å². The minimum atomic E-state index is -0.612. The van der Waals surface area contributed by atoms with Crippen molar-refractivity contribution >= 4 is 17.6 Å². The van der Waals surface area contributed by atoms with Crippen LogP contribution in [0.25, 0.3) is 0 Å². The summed E-state index contributed by atoms with van der Waals surface area (Å²) in [6.45, 7) is 0. The molecule has 0 atom stereocenters. The third-order valence-electron chi connectivity index (χ3n) is 0.843. The summed E-state index contributed by atoms with van der Waals surface area (Å²) >= 11 is 5.26. The summed E-state index contributed by atoms with van der Waals surface area (Å²) in [6, 6.07) is 0. The fourth-order valence-electron chi connectivity index (χ4n) is 0.355. The van der Waals surface area contributed by atoms with Gasteiger partial charge in [0.05, 0.1) is 12.3 Å². The number of hydrogen-bond donors (Lipinski definition) is 2. The van der Waals surface area contributed by atoms with E-state index in [4.69, 9.17) is 23.1 Å². The fourth-order valence-corrected chi connectivity index (χ4v) is 0.418. The molecule has 0 unspecified atom stereocenters. The number of hydrogen-bond acceptors (Lipinski definition) is 4. The monoisotopic (exact) mass is 176 g/mol. The van der Waals surface area contributed by atoms with Crippen LogP contribution in [-0.2, 0) is 9.53 Å². The molecule has 0 aromatic rings. The van der Waals surface area contributed by atoms with E-state index in [1.165, 1.54) is 19.3 Å². The summed E-state index contributed by atoms with van der Waals surface area (Å²) in [5.74, 6) is -0.612. The molecular formula is C6H9ClN2O2. The molecule has 0 saturated heterocycles. The highest BCUT2D eigenvalue weighted by Crippen LogP contribution is 1.93. The van der Waals surface area contributed by atoms with Crippen LogP contribution in [0.2, 0.25) is 0 Å². The highest BCUT2D eigenvalue weighted by atomic mass is 35.5. The third kappa shape index (κ3) is 4.27. The Bertz CT molecular complexity index is 207. The summed E-state index contributed by atoms with van der Waals surface area (Å²) in [4.78, 5) is 10.6. The van der Waals surface area contributed by atoms with E-state index < -0.39 is 5.97 Å². The van der Waals surface area contributed by atoms with Crippen LogP contribution in [0.15, 0.2) is 23.0 Å². The quantitative estimate of drug-likeness (QED) is 0.270. The largest absolute Gasteiger partial charge is 0.464 e. The van der Waals surface area contributed by atoms with Crippen LogP contribution in [0.4, 0.5) is 0 Å². The molecule has 0 aromatic heterocycles. The Labute approximate surface area is 69.4 Å². The second kappa shape index (κ2) is 4.62. The molecule has 0 bridgehead atoms. The average molecular weight is 177 g/mol. The summed E-state index contributed by atoms with van der Waals surface area (Å²) in [7, 11) is 1.23. The molecule has 0 aliphatic heterocycles. The van der Waals surface area contributed by atoms with E-state index >= 15 is 0 Å². The van der Waals surface area contributed by atoms with Gasteiger partial charge in [-0.05, 0) is 12.2 Å². The molecule has 0 heterocycles. The zero-order valence-electron chi connectivity index (χ0n) is 6.00. The minimum absolute atomic E-state index is 0.0453. The molecule has 0 amide bonds. The van der Waals surface area contributed by atoms with Crippen LogP contribution in [0.3, 0.4) is 0 Å². The molecule has 0 aromatic carbocycles. The van der Waals surface area contributed by atoms with Gasteiger partial charge in [-0.1, -0.05) is 11.6 Å². The second-order valence-corrected chi connectivity index (χ2v) is 2.10. The van der Waals surface area contributed by atoms with Crippen LogP contribution >= 0.6 is 11.6 Å². The van der Waals surface area contributed by atoms with E-state index in [1.54, 1.807) is 0 Å². The lowest BCUT2D eigenvalue weighted by atomic mass is 10.4. The van der Waals surface area contributed by atoms with Crippen LogP contribution in [-0.4, -0.2) is 13.1 Å². The predicted octanol–water partition coefficient (Wildman–Crippen LogP) is 0.0409. The van der Waals surface area contributed by atoms with Crippen molar-refractivity contribution in [3.05, 3.63) is 23.0 Å². The van der Waals surface area contributed by atoms with Crippen LogP contribution in [0.1, 0.15) is 0 Å².